The summed E-state index contributed by atoms with van der Waals surface area (Å²) in [7, 11) is 3.06. The van der Waals surface area contributed by atoms with Crippen molar-refractivity contribution in [2.75, 3.05) is 14.2 Å². The van der Waals surface area contributed by atoms with Crippen LogP contribution >= 0.6 is 0 Å². The molecule has 1 aliphatic heterocycles. The first kappa shape index (κ1) is 17.0. The van der Waals surface area contributed by atoms with Crippen LogP contribution in [0, 0.1) is 0 Å². The third-order valence-electron chi connectivity index (χ3n) is 6.04. The van der Waals surface area contributed by atoms with Gasteiger partial charge in [-0.05, 0) is 34.4 Å². The number of carbonyl (C=O) groups is 1. The first-order valence-electron chi connectivity index (χ1n) is 9.26. The Morgan fingerprint density at radius 1 is 0.857 bits per heavy atom. The van der Waals surface area contributed by atoms with Gasteiger partial charge < -0.3 is 14.2 Å². The molecule has 1 fully saturated rings. The maximum Gasteiger partial charge on any atom is 0.324 e. The SMILES string of the molecule is COC(=O)[C@]1(c2ccc(OC)cc2)c2ccccc2[C@@H]2O[C@@]21c1ccccc1. The highest BCUT2D eigenvalue weighted by atomic mass is 16.6. The van der Waals surface area contributed by atoms with Crippen LogP contribution < -0.4 is 4.74 Å². The number of rotatable bonds is 4. The lowest BCUT2D eigenvalue weighted by Gasteiger charge is -2.36. The molecular weight excluding hydrogens is 352 g/mol. The van der Waals surface area contributed by atoms with Gasteiger partial charge in [-0.25, -0.2) is 0 Å². The van der Waals surface area contributed by atoms with Crippen molar-refractivity contribution in [3.63, 3.8) is 0 Å². The van der Waals surface area contributed by atoms with Crippen LogP contribution in [0.4, 0.5) is 0 Å². The molecule has 0 bridgehead atoms. The molecule has 3 aromatic carbocycles. The summed E-state index contributed by atoms with van der Waals surface area (Å²) >= 11 is 0. The van der Waals surface area contributed by atoms with E-state index in [0.29, 0.717) is 0 Å². The molecule has 4 heteroatoms. The second-order valence-corrected chi connectivity index (χ2v) is 7.16. The van der Waals surface area contributed by atoms with Gasteiger partial charge in [0.25, 0.3) is 0 Å². The molecule has 28 heavy (non-hydrogen) atoms. The maximum atomic E-state index is 13.5. The fourth-order valence-corrected chi connectivity index (χ4v) is 4.85. The molecule has 1 saturated heterocycles. The predicted octanol–water partition coefficient (Wildman–Crippen LogP) is 4.13. The molecule has 5 rings (SSSR count). The molecule has 1 heterocycles. The highest BCUT2D eigenvalue weighted by Crippen LogP contribution is 2.74. The number of hydrogen-bond acceptors (Lipinski definition) is 4. The molecule has 0 radical (unpaired) electrons. The number of hydrogen-bond donors (Lipinski definition) is 0. The molecule has 0 saturated carbocycles. The molecule has 0 N–H and O–H groups in total. The van der Waals surface area contributed by atoms with Crippen LogP contribution in [0.2, 0.25) is 0 Å². The molecule has 4 nitrogen and oxygen atoms in total. The van der Waals surface area contributed by atoms with E-state index in [0.717, 1.165) is 28.0 Å². The van der Waals surface area contributed by atoms with E-state index >= 15 is 0 Å². The zero-order valence-electron chi connectivity index (χ0n) is 15.7. The summed E-state index contributed by atoms with van der Waals surface area (Å²) in [6.07, 6.45) is -0.188. The van der Waals surface area contributed by atoms with Crippen LogP contribution in [0.25, 0.3) is 0 Å². The Labute approximate surface area is 163 Å². The van der Waals surface area contributed by atoms with Gasteiger partial charge in [-0.3, -0.25) is 4.79 Å². The third-order valence-corrected chi connectivity index (χ3v) is 6.04. The Morgan fingerprint density at radius 2 is 1.54 bits per heavy atom. The van der Waals surface area contributed by atoms with E-state index in [1.165, 1.54) is 7.11 Å². The van der Waals surface area contributed by atoms with Crippen molar-refractivity contribution in [1.82, 2.24) is 0 Å². The number of carbonyl (C=O) groups excluding carboxylic acids is 1. The first-order chi connectivity index (χ1) is 13.7. The second kappa shape index (κ2) is 5.94. The minimum absolute atomic E-state index is 0.188. The Kier molecular flexibility index (Phi) is 3.61. The van der Waals surface area contributed by atoms with E-state index in [9.17, 15) is 4.79 Å². The normalized spacial score (nSPS) is 26.9. The van der Waals surface area contributed by atoms with Crippen LogP contribution in [0.15, 0.2) is 78.9 Å². The van der Waals surface area contributed by atoms with Crippen LogP contribution in [0.3, 0.4) is 0 Å². The molecule has 0 amide bonds. The molecule has 140 valence electrons. The molecule has 0 spiro atoms. The summed E-state index contributed by atoms with van der Waals surface area (Å²) in [5.41, 5.74) is 1.87. The Morgan fingerprint density at radius 3 is 2.21 bits per heavy atom. The Bertz CT molecular complexity index is 1040. The van der Waals surface area contributed by atoms with Crippen molar-refractivity contribution in [3.05, 3.63) is 101 Å². The van der Waals surface area contributed by atoms with E-state index in [1.807, 2.05) is 78.9 Å². The average Bonchev–Trinajstić information content (AvgIpc) is 3.47. The smallest absolute Gasteiger partial charge is 0.324 e. The number of esters is 1. The maximum absolute atomic E-state index is 13.5. The van der Waals surface area contributed by atoms with Crippen molar-refractivity contribution in [3.8, 4) is 5.75 Å². The molecule has 0 unspecified atom stereocenters. The molecule has 1 aliphatic carbocycles. The topological polar surface area (TPSA) is 48.1 Å². The monoisotopic (exact) mass is 372 g/mol. The van der Waals surface area contributed by atoms with Gasteiger partial charge in [0.15, 0.2) is 5.41 Å². The van der Waals surface area contributed by atoms with Gasteiger partial charge >= 0.3 is 5.97 Å². The van der Waals surface area contributed by atoms with Crippen LogP contribution in [-0.2, 0) is 25.3 Å². The van der Waals surface area contributed by atoms with Gasteiger partial charge in [0.05, 0.1) is 14.2 Å². The first-order valence-corrected chi connectivity index (χ1v) is 9.26. The standard InChI is InChI=1S/C24H20O4/c1-26-18-14-12-16(13-15-18)23(22(25)27-2)20-11-7-6-10-19(20)21-24(23,28-21)17-8-4-3-5-9-17/h3-15,21H,1-2H3/t21-,23-,24-/m0/s1. The van der Waals surface area contributed by atoms with E-state index in [-0.39, 0.29) is 12.1 Å². The number of fused-ring (bicyclic) bond motifs is 3. The van der Waals surface area contributed by atoms with Gasteiger partial charge in [-0.1, -0.05) is 66.7 Å². The van der Waals surface area contributed by atoms with Gasteiger partial charge in [-0.2, -0.15) is 0 Å². The van der Waals surface area contributed by atoms with Crippen molar-refractivity contribution in [1.29, 1.82) is 0 Å². The summed E-state index contributed by atoms with van der Waals surface area (Å²) in [5.74, 6) is 0.408. The minimum Gasteiger partial charge on any atom is -0.497 e. The average molecular weight is 372 g/mol. The minimum atomic E-state index is -1.09. The summed E-state index contributed by atoms with van der Waals surface area (Å²) in [5, 5.41) is 0. The summed E-state index contributed by atoms with van der Waals surface area (Å²) in [4.78, 5) is 13.5. The van der Waals surface area contributed by atoms with Crippen LogP contribution in [-0.4, -0.2) is 20.2 Å². The van der Waals surface area contributed by atoms with E-state index in [4.69, 9.17) is 14.2 Å². The zero-order chi connectivity index (χ0) is 19.4. The van der Waals surface area contributed by atoms with Gasteiger partial charge in [0.1, 0.15) is 17.5 Å². The van der Waals surface area contributed by atoms with Crippen molar-refractivity contribution < 1.29 is 19.0 Å². The zero-order valence-corrected chi connectivity index (χ0v) is 15.7. The number of methoxy groups -OCH3 is 2. The number of benzene rings is 3. The summed E-state index contributed by atoms with van der Waals surface area (Å²) in [6, 6.07) is 25.6. The quantitative estimate of drug-likeness (QED) is 0.510. The molecule has 2 aliphatic rings. The van der Waals surface area contributed by atoms with Crippen molar-refractivity contribution in [2.24, 2.45) is 0 Å². The lowest BCUT2D eigenvalue weighted by molar-refractivity contribution is -0.148. The molecule has 0 aromatic heterocycles. The highest BCUT2D eigenvalue weighted by Gasteiger charge is 2.80. The largest absolute Gasteiger partial charge is 0.497 e. The van der Waals surface area contributed by atoms with Crippen molar-refractivity contribution >= 4 is 5.97 Å². The van der Waals surface area contributed by atoms with E-state index < -0.39 is 11.0 Å². The fourth-order valence-electron chi connectivity index (χ4n) is 4.85. The highest BCUT2D eigenvalue weighted by molar-refractivity contribution is 5.93. The number of ether oxygens (including phenoxy) is 3. The third kappa shape index (κ3) is 1.90. The lowest BCUT2D eigenvalue weighted by atomic mass is 9.66. The molecular formula is C24H20O4. The summed E-state index contributed by atoms with van der Waals surface area (Å²) in [6.45, 7) is 0. The fraction of sp³-hybridized carbons (Fsp3) is 0.208. The van der Waals surface area contributed by atoms with Crippen molar-refractivity contribution in [2.45, 2.75) is 17.1 Å². The number of epoxide rings is 1. The van der Waals surface area contributed by atoms with Crippen LogP contribution in [0.1, 0.15) is 28.4 Å². The van der Waals surface area contributed by atoms with Crippen LogP contribution in [0.5, 0.6) is 5.75 Å². The molecule has 3 atom stereocenters. The van der Waals surface area contributed by atoms with Gasteiger partial charge in [-0.15, -0.1) is 0 Å². The van der Waals surface area contributed by atoms with Gasteiger partial charge in [0, 0.05) is 0 Å². The lowest BCUT2D eigenvalue weighted by Crippen LogP contribution is -2.47. The second-order valence-electron chi connectivity index (χ2n) is 7.16. The van der Waals surface area contributed by atoms with Gasteiger partial charge in [0.2, 0.25) is 0 Å². The summed E-state index contributed by atoms with van der Waals surface area (Å²) < 4.78 is 17.1. The van der Waals surface area contributed by atoms with E-state index in [2.05, 4.69) is 0 Å². The predicted molar refractivity (Wildman–Crippen MR) is 104 cm³/mol. The van der Waals surface area contributed by atoms with E-state index in [1.54, 1.807) is 7.11 Å². The molecule has 3 aromatic rings. The Hall–Kier alpha value is -3.11. The Balaban J connectivity index is 1.85.